The van der Waals surface area contributed by atoms with Crippen LogP contribution in [0.15, 0.2) is 46.9 Å². The summed E-state index contributed by atoms with van der Waals surface area (Å²) in [6, 6.07) is 10.5. The molecule has 0 fully saturated rings. The predicted molar refractivity (Wildman–Crippen MR) is 79.0 cm³/mol. The Balaban J connectivity index is 2.18. The lowest BCUT2D eigenvalue weighted by molar-refractivity contribution is -0.141. The molecule has 0 heterocycles. The van der Waals surface area contributed by atoms with Crippen LogP contribution in [0.5, 0.6) is 0 Å². The Hall–Kier alpha value is -1.75. The molecule has 0 aromatic heterocycles. The summed E-state index contributed by atoms with van der Waals surface area (Å²) in [5, 5.41) is 9.30. The molecule has 1 N–H and O–H groups in total. The van der Waals surface area contributed by atoms with Crippen molar-refractivity contribution in [3.05, 3.63) is 69.7 Å². The van der Waals surface area contributed by atoms with E-state index in [0.29, 0.717) is 11.1 Å². The Bertz CT molecular complexity index is 658. The second kappa shape index (κ2) is 6.80. The number of carboxylic acid groups (broad SMARTS) is 1. The number of hydrogen-bond donors (Lipinski definition) is 1. The van der Waals surface area contributed by atoms with Crippen LogP contribution in [0, 0.1) is 17.6 Å². The van der Waals surface area contributed by atoms with Crippen LogP contribution in [-0.4, -0.2) is 11.1 Å². The van der Waals surface area contributed by atoms with Gasteiger partial charge in [0.2, 0.25) is 0 Å². The van der Waals surface area contributed by atoms with E-state index >= 15 is 0 Å². The molecule has 0 saturated carbocycles. The molecule has 0 aliphatic rings. The van der Waals surface area contributed by atoms with Crippen molar-refractivity contribution in [1.82, 2.24) is 0 Å². The summed E-state index contributed by atoms with van der Waals surface area (Å²) in [5.74, 6) is -2.58. The zero-order valence-electron chi connectivity index (χ0n) is 11.0. The van der Waals surface area contributed by atoms with E-state index < -0.39 is 23.5 Å². The molecule has 0 spiro atoms. The number of carboxylic acids is 1. The van der Waals surface area contributed by atoms with Crippen LogP contribution >= 0.6 is 15.9 Å². The minimum absolute atomic E-state index is 0.0942. The van der Waals surface area contributed by atoms with Crippen LogP contribution < -0.4 is 0 Å². The van der Waals surface area contributed by atoms with Gasteiger partial charge in [-0.15, -0.1) is 0 Å². The number of benzene rings is 2. The fraction of sp³-hybridized carbons (Fsp3) is 0.188. The van der Waals surface area contributed by atoms with Crippen LogP contribution in [0.3, 0.4) is 0 Å². The lowest BCUT2D eigenvalue weighted by atomic mass is 9.92. The predicted octanol–water partition coefficient (Wildman–Crippen LogP) is 4.21. The van der Waals surface area contributed by atoms with Crippen molar-refractivity contribution in [2.75, 3.05) is 0 Å². The molecule has 1 atom stereocenters. The Labute approximate surface area is 129 Å². The highest BCUT2D eigenvalue weighted by Gasteiger charge is 2.20. The fourth-order valence-corrected chi connectivity index (χ4v) is 2.55. The maximum Gasteiger partial charge on any atom is 0.307 e. The Kier molecular flexibility index (Phi) is 5.07. The fourth-order valence-electron chi connectivity index (χ4n) is 2.13. The molecule has 0 aliphatic heterocycles. The van der Waals surface area contributed by atoms with Gasteiger partial charge in [-0.2, -0.15) is 0 Å². The van der Waals surface area contributed by atoms with Crippen molar-refractivity contribution < 1.29 is 18.7 Å². The van der Waals surface area contributed by atoms with Crippen molar-refractivity contribution in [3.63, 3.8) is 0 Å². The van der Waals surface area contributed by atoms with Crippen molar-refractivity contribution in [2.45, 2.75) is 12.8 Å². The Morgan fingerprint density at radius 3 is 2.43 bits per heavy atom. The lowest BCUT2D eigenvalue weighted by Crippen LogP contribution is -2.19. The first-order valence-corrected chi connectivity index (χ1v) is 7.17. The summed E-state index contributed by atoms with van der Waals surface area (Å²) in [5.41, 5.74) is 1.05. The first-order valence-electron chi connectivity index (χ1n) is 6.37. The first kappa shape index (κ1) is 15.6. The molecule has 0 saturated heterocycles. The van der Waals surface area contributed by atoms with E-state index in [2.05, 4.69) is 15.9 Å². The summed E-state index contributed by atoms with van der Waals surface area (Å²) < 4.78 is 27.1. The number of halogens is 3. The highest BCUT2D eigenvalue weighted by molar-refractivity contribution is 9.10. The van der Waals surface area contributed by atoms with Gasteiger partial charge in [0.05, 0.1) is 10.4 Å². The molecule has 21 heavy (non-hydrogen) atoms. The summed E-state index contributed by atoms with van der Waals surface area (Å²) in [6.07, 6.45) is 0.305. The number of carbonyl (C=O) groups is 1. The van der Waals surface area contributed by atoms with Crippen molar-refractivity contribution in [1.29, 1.82) is 0 Å². The summed E-state index contributed by atoms with van der Waals surface area (Å²) in [6.45, 7) is 0. The van der Waals surface area contributed by atoms with Gasteiger partial charge in [0.1, 0.15) is 11.6 Å². The van der Waals surface area contributed by atoms with E-state index in [0.717, 1.165) is 0 Å². The zero-order valence-corrected chi connectivity index (χ0v) is 12.6. The van der Waals surface area contributed by atoms with Crippen molar-refractivity contribution >= 4 is 21.9 Å². The third kappa shape index (κ3) is 4.11. The Morgan fingerprint density at radius 2 is 1.81 bits per heavy atom. The highest BCUT2D eigenvalue weighted by atomic mass is 79.9. The number of rotatable bonds is 5. The lowest BCUT2D eigenvalue weighted by Gasteiger charge is -2.13. The normalized spacial score (nSPS) is 12.1. The van der Waals surface area contributed by atoms with E-state index in [1.807, 2.05) is 0 Å². The zero-order chi connectivity index (χ0) is 15.4. The summed E-state index contributed by atoms with van der Waals surface area (Å²) in [7, 11) is 0. The first-order chi connectivity index (χ1) is 9.97. The monoisotopic (exact) mass is 354 g/mol. The second-order valence-corrected chi connectivity index (χ2v) is 5.64. The second-order valence-electron chi connectivity index (χ2n) is 4.78. The average Bonchev–Trinajstić information content (AvgIpc) is 2.44. The quantitative estimate of drug-likeness (QED) is 0.872. The van der Waals surface area contributed by atoms with Crippen LogP contribution in [0.2, 0.25) is 0 Å². The summed E-state index contributed by atoms with van der Waals surface area (Å²) >= 11 is 3.07. The highest BCUT2D eigenvalue weighted by Crippen LogP contribution is 2.21. The standard InChI is InChI=1S/C16H13BrF2O2/c17-13-8-10(5-6-15(13)19)7-12(16(20)21)9-11-3-1-2-4-14(11)18/h1-6,8,12H,7,9H2,(H,20,21). The van der Waals surface area contributed by atoms with Gasteiger partial charge in [0.15, 0.2) is 0 Å². The van der Waals surface area contributed by atoms with Crippen LogP contribution in [0.1, 0.15) is 11.1 Å². The largest absolute Gasteiger partial charge is 0.481 e. The van der Waals surface area contributed by atoms with Gasteiger partial charge in [0, 0.05) is 0 Å². The van der Waals surface area contributed by atoms with E-state index in [4.69, 9.17) is 0 Å². The smallest absolute Gasteiger partial charge is 0.307 e. The van der Waals surface area contributed by atoms with Crippen LogP contribution in [0.4, 0.5) is 8.78 Å². The van der Waals surface area contributed by atoms with Crippen molar-refractivity contribution in [3.8, 4) is 0 Å². The van der Waals surface area contributed by atoms with Gasteiger partial charge < -0.3 is 5.11 Å². The minimum Gasteiger partial charge on any atom is -0.481 e. The molecular formula is C16H13BrF2O2. The van der Waals surface area contributed by atoms with Gasteiger partial charge in [0.25, 0.3) is 0 Å². The SMILES string of the molecule is O=C(O)C(Cc1ccc(F)c(Br)c1)Cc1ccccc1F. The number of hydrogen-bond acceptors (Lipinski definition) is 1. The molecular weight excluding hydrogens is 342 g/mol. The van der Waals surface area contributed by atoms with Gasteiger partial charge in [-0.1, -0.05) is 24.3 Å². The molecule has 110 valence electrons. The van der Waals surface area contributed by atoms with E-state index in [9.17, 15) is 18.7 Å². The van der Waals surface area contributed by atoms with Crippen LogP contribution in [0.25, 0.3) is 0 Å². The molecule has 1 unspecified atom stereocenters. The molecule has 0 bridgehead atoms. The molecule has 0 radical (unpaired) electrons. The molecule has 2 aromatic rings. The van der Waals surface area contributed by atoms with Gasteiger partial charge in [-0.25, -0.2) is 8.78 Å². The Morgan fingerprint density at radius 1 is 1.10 bits per heavy atom. The van der Waals surface area contributed by atoms with Gasteiger partial charge in [-0.3, -0.25) is 4.79 Å². The van der Waals surface area contributed by atoms with Gasteiger partial charge >= 0.3 is 5.97 Å². The van der Waals surface area contributed by atoms with E-state index in [1.54, 1.807) is 24.3 Å². The molecule has 5 heteroatoms. The average molecular weight is 355 g/mol. The maximum atomic E-state index is 13.6. The molecule has 2 aromatic carbocycles. The molecule has 0 aliphatic carbocycles. The third-order valence-corrected chi connectivity index (χ3v) is 3.85. The number of aliphatic carboxylic acids is 1. The van der Waals surface area contributed by atoms with E-state index in [-0.39, 0.29) is 17.3 Å². The minimum atomic E-state index is -1.00. The van der Waals surface area contributed by atoms with Crippen LogP contribution in [-0.2, 0) is 17.6 Å². The third-order valence-electron chi connectivity index (χ3n) is 3.24. The van der Waals surface area contributed by atoms with E-state index in [1.165, 1.54) is 18.2 Å². The molecule has 0 amide bonds. The van der Waals surface area contributed by atoms with Gasteiger partial charge in [-0.05, 0) is 58.1 Å². The topological polar surface area (TPSA) is 37.3 Å². The maximum absolute atomic E-state index is 13.6. The molecule has 2 nitrogen and oxygen atoms in total. The molecule has 2 rings (SSSR count). The van der Waals surface area contributed by atoms with Crippen molar-refractivity contribution in [2.24, 2.45) is 5.92 Å². The summed E-state index contributed by atoms with van der Waals surface area (Å²) in [4.78, 5) is 11.4.